The molecule has 2 N–H and O–H groups in total. The maximum atomic E-state index is 14.5. The third kappa shape index (κ3) is 4.22. The van der Waals surface area contributed by atoms with Crippen LogP contribution < -0.4 is 15.4 Å². The largest absolute Gasteiger partial charge is 0.496 e. The minimum Gasteiger partial charge on any atom is -0.496 e. The number of nitrogens with zero attached hydrogens (tertiary/aromatic N) is 6. The molecule has 5 rings (SSSR count). The van der Waals surface area contributed by atoms with Crippen LogP contribution in [0.4, 0.5) is 10.2 Å². The Kier molecular flexibility index (Phi) is 6.18. The van der Waals surface area contributed by atoms with E-state index in [9.17, 15) is 4.39 Å². The smallest absolute Gasteiger partial charge is 0.166 e. The number of nitrogens with two attached hydrogens (primary N) is 1. The summed E-state index contributed by atoms with van der Waals surface area (Å²) in [4.78, 5) is 16.0. The third-order valence-electron chi connectivity index (χ3n) is 6.10. The van der Waals surface area contributed by atoms with Crippen molar-refractivity contribution in [2.24, 2.45) is 5.73 Å². The normalized spacial score (nSPS) is 16.0. The molecule has 0 spiro atoms. The van der Waals surface area contributed by atoms with E-state index in [2.05, 4.69) is 20.0 Å². The van der Waals surface area contributed by atoms with E-state index in [0.717, 1.165) is 30.8 Å². The van der Waals surface area contributed by atoms with E-state index in [1.807, 2.05) is 24.4 Å². The molecule has 0 aliphatic carbocycles. The number of pyridine rings is 1. The molecule has 0 unspecified atom stereocenters. The molecule has 1 aliphatic rings. The summed E-state index contributed by atoms with van der Waals surface area (Å²) in [6.07, 6.45) is 8.58. The minimum absolute atomic E-state index is 0.226. The van der Waals surface area contributed by atoms with Crippen molar-refractivity contribution in [3.8, 4) is 34.2 Å². The Hall–Kier alpha value is -3.85. The van der Waals surface area contributed by atoms with Gasteiger partial charge in [0.15, 0.2) is 11.6 Å². The molecular formula is C25H26FN7O. The Morgan fingerprint density at radius 1 is 1.09 bits per heavy atom. The lowest BCUT2D eigenvalue weighted by molar-refractivity contribution is 0.413. The molecule has 8 nitrogen and oxygen atoms in total. The maximum absolute atomic E-state index is 14.5. The molecule has 0 radical (unpaired) electrons. The summed E-state index contributed by atoms with van der Waals surface area (Å²) >= 11 is 0. The molecule has 3 aromatic heterocycles. The van der Waals surface area contributed by atoms with Crippen LogP contribution in [0.5, 0.6) is 5.75 Å². The van der Waals surface area contributed by atoms with Gasteiger partial charge in [-0.3, -0.25) is 0 Å². The van der Waals surface area contributed by atoms with Gasteiger partial charge in [0.1, 0.15) is 17.4 Å². The van der Waals surface area contributed by atoms with Gasteiger partial charge >= 0.3 is 0 Å². The molecule has 174 valence electrons. The van der Waals surface area contributed by atoms with Crippen molar-refractivity contribution in [1.29, 1.82) is 0 Å². The molecule has 0 saturated carbocycles. The van der Waals surface area contributed by atoms with E-state index in [1.54, 1.807) is 35.3 Å². The number of anilines is 1. The van der Waals surface area contributed by atoms with Gasteiger partial charge in [-0.15, -0.1) is 0 Å². The van der Waals surface area contributed by atoms with Crippen LogP contribution in [0.2, 0.25) is 0 Å². The monoisotopic (exact) mass is 459 g/mol. The molecule has 0 amide bonds. The molecule has 1 aromatic carbocycles. The minimum atomic E-state index is -0.443. The topological polar surface area (TPSA) is 95.0 Å². The highest BCUT2D eigenvalue weighted by Gasteiger charge is 2.22. The van der Waals surface area contributed by atoms with E-state index < -0.39 is 5.82 Å². The lowest BCUT2D eigenvalue weighted by Crippen LogP contribution is -2.44. The second kappa shape index (κ2) is 9.56. The van der Waals surface area contributed by atoms with Crippen molar-refractivity contribution in [3.63, 3.8) is 0 Å². The summed E-state index contributed by atoms with van der Waals surface area (Å²) in [6.45, 7) is 1.56. The second-order valence-corrected chi connectivity index (χ2v) is 8.19. The summed E-state index contributed by atoms with van der Waals surface area (Å²) in [6, 6.07) is 12.6. The quantitative estimate of drug-likeness (QED) is 0.468. The van der Waals surface area contributed by atoms with Crippen molar-refractivity contribution >= 4 is 5.82 Å². The number of hydrogen-bond donors (Lipinski definition) is 1. The van der Waals surface area contributed by atoms with Crippen LogP contribution in [0.15, 0.2) is 61.1 Å². The number of piperidine rings is 1. The van der Waals surface area contributed by atoms with Crippen LogP contribution in [0, 0.1) is 5.82 Å². The van der Waals surface area contributed by atoms with Crippen LogP contribution in [-0.2, 0) is 0 Å². The van der Waals surface area contributed by atoms with Crippen LogP contribution in [-0.4, -0.2) is 51.0 Å². The first-order valence-electron chi connectivity index (χ1n) is 11.3. The van der Waals surface area contributed by atoms with E-state index >= 15 is 0 Å². The zero-order valence-electron chi connectivity index (χ0n) is 18.9. The molecule has 4 aromatic rings. The van der Waals surface area contributed by atoms with Gasteiger partial charge in [0, 0.05) is 37.1 Å². The van der Waals surface area contributed by atoms with E-state index in [1.165, 1.54) is 19.6 Å². The van der Waals surface area contributed by atoms with Crippen molar-refractivity contribution in [3.05, 3.63) is 66.9 Å². The molecule has 9 heteroatoms. The van der Waals surface area contributed by atoms with Gasteiger partial charge in [-0.2, -0.15) is 5.10 Å². The summed E-state index contributed by atoms with van der Waals surface area (Å²) in [7, 11) is 1.49. The Bertz CT molecular complexity index is 1290. The average molecular weight is 460 g/mol. The molecule has 1 saturated heterocycles. The third-order valence-corrected chi connectivity index (χ3v) is 6.10. The number of methoxy groups -OCH3 is 1. The Morgan fingerprint density at radius 3 is 2.79 bits per heavy atom. The molecule has 1 fully saturated rings. The van der Waals surface area contributed by atoms with Crippen LogP contribution in [0.25, 0.3) is 28.5 Å². The SMILES string of the molecule is COc1cccc(F)c1-c1nccc(-c2cnn(-c3cccc(N4CCCC[C@H]4CN)n3)c2)n1. The van der Waals surface area contributed by atoms with Gasteiger partial charge in [-0.05, 0) is 49.6 Å². The van der Waals surface area contributed by atoms with Gasteiger partial charge < -0.3 is 15.4 Å². The highest BCUT2D eigenvalue weighted by atomic mass is 19.1. The van der Waals surface area contributed by atoms with Gasteiger partial charge in [-0.25, -0.2) is 24.0 Å². The van der Waals surface area contributed by atoms with Crippen molar-refractivity contribution in [2.45, 2.75) is 25.3 Å². The second-order valence-electron chi connectivity index (χ2n) is 8.19. The molecule has 4 heterocycles. The number of rotatable bonds is 6. The molecule has 1 atom stereocenters. The predicted molar refractivity (Wildman–Crippen MR) is 128 cm³/mol. The van der Waals surface area contributed by atoms with Crippen molar-refractivity contribution in [1.82, 2.24) is 24.7 Å². The van der Waals surface area contributed by atoms with E-state index in [4.69, 9.17) is 15.5 Å². The number of halogens is 1. The highest BCUT2D eigenvalue weighted by Crippen LogP contribution is 2.31. The number of ether oxygens (including phenoxy) is 1. The Balaban J connectivity index is 1.45. The van der Waals surface area contributed by atoms with Crippen molar-refractivity contribution < 1.29 is 9.13 Å². The zero-order chi connectivity index (χ0) is 23.5. The summed E-state index contributed by atoms with van der Waals surface area (Å²) < 4.78 is 21.6. The van der Waals surface area contributed by atoms with E-state index in [-0.39, 0.29) is 11.4 Å². The van der Waals surface area contributed by atoms with Gasteiger partial charge in [0.05, 0.1) is 24.6 Å². The van der Waals surface area contributed by atoms with Gasteiger partial charge in [-0.1, -0.05) is 12.1 Å². The zero-order valence-corrected chi connectivity index (χ0v) is 18.9. The average Bonchev–Trinajstić information content (AvgIpc) is 3.39. The Morgan fingerprint density at radius 2 is 1.94 bits per heavy atom. The standard InChI is InChI=1S/C25H26FN7O/c1-34-21-8-4-7-19(26)24(21)25-28-12-11-20(30-25)17-15-29-33(16-17)23-10-5-9-22(31-23)32-13-3-2-6-18(32)14-27/h4-5,7-12,15-16,18H,2-3,6,13-14,27H2,1H3/t18-/m0/s1. The van der Waals surface area contributed by atoms with Gasteiger partial charge in [0.2, 0.25) is 0 Å². The summed E-state index contributed by atoms with van der Waals surface area (Å²) in [5, 5.41) is 4.49. The lowest BCUT2D eigenvalue weighted by atomic mass is 10.0. The fourth-order valence-corrected chi connectivity index (χ4v) is 4.36. The van der Waals surface area contributed by atoms with Crippen LogP contribution in [0.1, 0.15) is 19.3 Å². The maximum Gasteiger partial charge on any atom is 0.166 e. The number of aromatic nitrogens is 5. The van der Waals surface area contributed by atoms with E-state index in [0.29, 0.717) is 29.8 Å². The van der Waals surface area contributed by atoms with Crippen LogP contribution >= 0.6 is 0 Å². The molecule has 0 bridgehead atoms. The molecule has 1 aliphatic heterocycles. The first-order chi connectivity index (χ1) is 16.7. The number of benzene rings is 1. The summed E-state index contributed by atoms with van der Waals surface area (Å²) in [5.41, 5.74) is 7.62. The Labute approximate surface area is 197 Å². The predicted octanol–water partition coefficient (Wildman–Crippen LogP) is 3.86. The van der Waals surface area contributed by atoms with Crippen molar-refractivity contribution in [2.75, 3.05) is 25.1 Å². The lowest BCUT2D eigenvalue weighted by Gasteiger charge is -2.36. The van der Waals surface area contributed by atoms with Gasteiger partial charge in [0.25, 0.3) is 0 Å². The summed E-state index contributed by atoms with van der Waals surface area (Å²) in [5.74, 6) is 1.79. The molecule has 34 heavy (non-hydrogen) atoms. The van der Waals surface area contributed by atoms with Crippen LogP contribution in [0.3, 0.4) is 0 Å². The first kappa shape index (κ1) is 22.0. The fourth-order valence-electron chi connectivity index (χ4n) is 4.36. The molecular weight excluding hydrogens is 433 g/mol. The first-order valence-corrected chi connectivity index (χ1v) is 11.3. The number of hydrogen-bond acceptors (Lipinski definition) is 7. The highest BCUT2D eigenvalue weighted by molar-refractivity contribution is 5.68. The fraction of sp³-hybridized carbons (Fsp3) is 0.280.